The molecule has 4 aromatic rings. The fourth-order valence-corrected chi connectivity index (χ4v) is 6.59. The normalized spacial score (nSPS) is 17.6. The van der Waals surface area contributed by atoms with Gasteiger partial charge in [-0.05, 0) is 88.2 Å². The third kappa shape index (κ3) is 4.74. The highest BCUT2D eigenvalue weighted by molar-refractivity contribution is 6.09. The van der Waals surface area contributed by atoms with Crippen LogP contribution in [0.2, 0.25) is 0 Å². The van der Waals surface area contributed by atoms with Gasteiger partial charge in [-0.1, -0.05) is 6.92 Å². The Labute approximate surface area is 241 Å². The van der Waals surface area contributed by atoms with Gasteiger partial charge in [0.05, 0.1) is 12.6 Å². The van der Waals surface area contributed by atoms with Crippen LogP contribution in [0.1, 0.15) is 72.0 Å². The van der Waals surface area contributed by atoms with Crippen LogP contribution in [0.4, 0.5) is 5.82 Å². The van der Waals surface area contributed by atoms with E-state index in [4.69, 9.17) is 4.98 Å². The van der Waals surface area contributed by atoms with E-state index in [2.05, 4.69) is 78.5 Å². The van der Waals surface area contributed by atoms with Crippen molar-refractivity contribution in [1.29, 1.82) is 0 Å². The number of anilines is 1. The Hall–Kier alpha value is -3.91. The van der Waals surface area contributed by atoms with Crippen molar-refractivity contribution in [3.05, 3.63) is 81.0 Å². The van der Waals surface area contributed by atoms with Gasteiger partial charge >= 0.3 is 0 Å². The van der Waals surface area contributed by atoms with Crippen LogP contribution in [0.5, 0.6) is 0 Å². The number of fused-ring (bicyclic) bond motifs is 2. The van der Waals surface area contributed by atoms with Crippen LogP contribution in [0.25, 0.3) is 22.0 Å². The summed E-state index contributed by atoms with van der Waals surface area (Å²) in [7, 11) is 2.15. The molecule has 0 bridgehead atoms. The van der Waals surface area contributed by atoms with Gasteiger partial charge in [-0.25, -0.2) is 4.98 Å². The predicted octanol–water partition coefficient (Wildman–Crippen LogP) is 5.45. The lowest BCUT2D eigenvalue weighted by Crippen LogP contribution is -2.44. The van der Waals surface area contributed by atoms with Crippen LogP contribution in [-0.4, -0.2) is 63.5 Å². The van der Waals surface area contributed by atoms with Crippen molar-refractivity contribution in [3.8, 4) is 11.1 Å². The van der Waals surface area contributed by atoms with Crippen LogP contribution < -0.4 is 10.5 Å². The molecule has 41 heavy (non-hydrogen) atoms. The molecule has 5 heterocycles. The highest BCUT2D eigenvalue weighted by Crippen LogP contribution is 2.39. The van der Waals surface area contributed by atoms with Gasteiger partial charge < -0.3 is 24.3 Å². The maximum atomic E-state index is 14.5. The number of rotatable bonds is 5. The maximum Gasteiger partial charge on any atom is 0.255 e. The molecule has 1 aromatic carbocycles. The van der Waals surface area contributed by atoms with E-state index in [9.17, 15) is 9.59 Å². The molecule has 1 unspecified atom stereocenters. The number of carbonyl (C=O) groups is 1. The summed E-state index contributed by atoms with van der Waals surface area (Å²) in [4.78, 5) is 41.6. The van der Waals surface area contributed by atoms with E-state index in [1.807, 2.05) is 30.2 Å². The number of hydrogen-bond donors (Lipinski definition) is 1. The first kappa shape index (κ1) is 27.3. The molecule has 214 valence electrons. The van der Waals surface area contributed by atoms with E-state index >= 15 is 0 Å². The number of benzene rings is 1. The third-order valence-corrected chi connectivity index (χ3v) is 8.83. The molecule has 0 spiro atoms. The quantitative estimate of drug-likeness (QED) is 0.356. The lowest BCUT2D eigenvalue weighted by Gasteiger charge is -2.33. The second-order valence-corrected chi connectivity index (χ2v) is 12.0. The third-order valence-electron chi connectivity index (χ3n) is 8.83. The SMILES string of the molecule is CCC1c2cc(C)[nH]c(=O)c2CN1C(=O)c1cc(-c2ccc(N3CCN(C)CC3)nc2)cc2c1c(C)cn2C(C)C. The second-order valence-electron chi connectivity index (χ2n) is 12.0. The number of likely N-dealkylation sites (N-methyl/N-ethyl adjacent to an activating group) is 1. The molecule has 1 atom stereocenters. The van der Waals surface area contributed by atoms with Gasteiger partial charge in [0.2, 0.25) is 0 Å². The standard InChI is InChI=1S/C33H40N6O2/c1-7-28-25-14-22(5)35-32(40)27(25)19-39(28)33(41)26-15-24(16-29-31(26)21(4)18-38(29)20(2)3)23-8-9-30(34-17-23)37-12-10-36(6)11-13-37/h8-9,14-18,20,28H,7,10-13,19H2,1-6H3,(H,35,40). The van der Waals surface area contributed by atoms with Gasteiger partial charge in [-0.15, -0.1) is 0 Å². The number of nitrogens with one attached hydrogen (secondary N) is 1. The number of aromatic amines is 1. The number of carbonyl (C=O) groups excluding carboxylic acids is 1. The molecule has 0 radical (unpaired) electrons. The first-order valence-electron chi connectivity index (χ1n) is 14.7. The number of piperazine rings is 1. The van der Waals surface area contributed by atoms with Crippen molar-refractivity contribution in [2.45, 2.75) is 59.7 Å². The summed E-state index contributed by atoms with van der Waals surface area (Å²) in [5, 5.41) is 0.977. The molecular weight excluding hydrogens is 512 g/mol. The van der Waals surface area contributed by atoms with E-state index in [0.717, 1.165) is 77.3 Å². The lowest BCUT2D eigenvalue weighted by molar-refractivity contribution is 0.0689. The lowest BCUT2D eigenvalue weighted by atomic mass is 9.97. The Bertz CT molecular complexity index is 1670. The summed E-state index contributed by atoms with van der Waals surface area (Å²) < 4.78 is 2.25. The number of hydrogen-bond acceptors (Lipinski definition) is 5. The van der Waals surface area contributed by atoms with Crippen molar-refractivity contribution < 1.29 is 4.79 Å². The summed E-state index contributed by atoms with van der Waals surface area (Å²) in [5.74, 6) is 0.949. The zero-order valence-corrected chi connectivity index (χ0v) is 25.0. The monoisotopic (exact) mass is 552 g/mol. The molecule has 8 heteroatoms. The van der Waals surface area contributed by atoms with E-state index in [-0.39, 0.29) is 23.6 Å². The van der Waals surface area contributed by atoms with Crippen molar-refractivity contribution in [1.82, 2.24) is 24.3 Å². The summed E-state index contributed by atoms with van der Waals surface area (Å²) >= 11 is 0. The fraction of sp³-hybridized carbons (Fsp3) is 0.424. The minimum Gasteiger partial charge on any atom is -0.354 e. The van der Waals surface area contributed by atoms with Gasteiger partial charge in [0, 0.05) is 77.9 Å². The highest BCUT2D eigenvalue weighted by Gasteiger charge is 2.36. The fourth-order valence-electron chi connectivity index (χ4n) is 6.59. The average Bonchev–Trinajstić information content (AvgIpc) is 3.50. The summed E-state index contributed by atoms with van der Waals surface area (Å²) in [5.41, 5.74) is 7.14. The molecule has 0 aliphatic carbocycles. The number of pyridine rings is 2. The topological polar surface area (TPSA) is 77.5 Å². The zero-order chi connectivity index (χ0) is 29.0. The number of amides is 1. The Morgan fingerprint density at radius 2 is 1.83 bits per heavy atom. The Balaban J connectivity index is 1.44. The minimum atomic E-state index is -0.130. The first-order chi connectivity index (χ1) is 19.7. The highest BCUT2D eigenvalue weighted by atomic mass is 16.2. The molecule has 2 aliphatic heterocycles. The summed E-state index contributed by atoms with van der Waals surface area (Å²) in [6.45, 7) is 14.7. The molecule has 6 rings (SSSR count). The maximum absolute atomic E-state index is 14.5. The van der Waals surface area contributed by atoms with Crippen LogP contribution in [0.15, 0.2) is 47.5 Å². The Morgan fingerprint density at radius 3 is 2.49 bits per heavy atom. The van der Waals surface area contributed by atoms with Crippen LogP contribution in [0, 0.1) is 13.8 Å². The van der Waals surface area contributed by atoms with E-state index in [0.29, 0.717) is 17.7 Å². The Kier molecular flexibility index (Phi) is 6.98. The van der Waals surface area contributed by atoms with Crippen LogP contribution in [0.3, 0.4) is 0 Å². The van der Waals surface area contributed by atoms with E-state index in [1.165, 1.54) is 0 Å². The number of nitrogens with zero attached hydrogens (tertiary/aromatic N) is 5. The predicted molar refractivity (Wildman–Crippen MR) is 165 cm³/mol. The molecular formula is C33H40N6O2. The molecule has 8 nitrogen and oxygen atoms in total. The van der Waals surface area contributed by atoms with Gasteiger partial charge in [0.15, 0.2) is 0 Å². The van der Waals surface area contributed by atoms with Crippen molar-refractivity contribution in [3.63, 3.8) is 0 Å². The average molecular weight is 553 g/mol. The molecule has 1 saturated heterocycles. The smallest absolute Gasteiger partial charge is 0.255 e. The molecule has 3 aromatic heterocycles. The van der Waals surface area contributed by atoms with Gasteiger partial charge in [0.1, 0.15) is 5.82 Å². The minimum absolute atomic E-state index is 0.0384. The van der Waals surface area contributed by atoms with Crippen molar-refractivity contribution in [2.24, 2.45) is 0 Å². The second kappa shape index (κ2) is 10.5. The molecule has 0 saturated carbocycles. The van der Waals surface area contributed by atoms with Gasteiger partial charge in [-0.3, -0.25) is 9.59 Å². The molecule has 1 fully saturated rings. The van der Waals surface area contributed by atoms with Crippen molar-refractivity contribution in [2.75, 3.05) is 38.1 Å². The van der Waals surface area contributed by atoms with Crippen LogP contribution >= 0.6 is 0 Å². The van der Waals surface area contributed by atoms with E-state index in [1.54, 1.807) is 0 Å². The number of aryl methyl sites for hydroxylation is 2. The van der Waals surface area contributed by atoms with E-state index < -0.39 is 0 Å². The van der Waals surface area contributed by atoms with Gasteiger partial charge in [-0.2, -0.15) is 0 Å². The largest absolute Gasteiger partial charge is 0.354 e. The number of H-pyrrole nitrogens is 1. The number of aromatic nitrogens is 3. The Morgan fingerprint density at radius 1 is 1.07 bits per heavy atom. The van der Waals surface area contributed by atoms with Crippen LogP contribution in [-0.2, 0) is 6.54 Å². The molecule has 1 amide bonds. The van der Waals surface area contributed by atoms with Crippen molar-refractivity contribution >= 4 is 22.6 Å². The zero-order valence-electron chi connectivity index (χ0n) is 25.0. The molecule has 1 N–H and O–H groups in total. The molecule has 2 aliphatic rings. The van der Waals surface area contributed by atoms with Gasteiger partial charge in [0.25, 0.3) is 11.5 Å². The first-order valence-corrected chi connectivity index (χ1v) is 14.7. The summed E-state index contributed by atoms with van der Waals surface area (Å²) in [6.07, 6.45) is 4.82. The summed E-state index contributed by atoms with van der Waals surface area (Å²) in [6, 6.07) is 10.6.